The van der Waals surface area contributed by atoms with E-state index in [1.165, 1.54) is 37.3 Å². The topological polar surface area (TPSA) is 79.2 Å². The summed E-state index contributed by atoms with van der Waals surface area (Å²) in [5.74, 6) is -1.61. The number of amides is 1. The summed E-state index contributed by atoms with van der Waals surface area (Å²) in [5.41, 5.74) is -0.643. The van der Waals surface area contributed by atoms with Crippen LogP contribution in [0, 0.1) is 11.3 Å². The minimum absolute atomic E-state index is 0.0702. The SMILES string of the molecule is C[C@@H](OC(=O)c1cccc(C#N)c1)C(=O)Nc1cccc(C(F)(F)F)c1. The first-order chi connectivity index (χ1) is 12.2. The van der Waals surface area contributed by atoms with E-state index in [9.17, 15) is 22.8 Å². The predicted octanol–water partition coefficient (Wildman–Crippen LogP) is 3.76. The fourth-order valence-corrected chi connectivity index (χ4v) is 2.01. The molecule has 2 aromatic rings. The Balaban J connectivity index is 2.04. The highest BCUT2D eigenvalue weighted by Gasteiger charge is 2.30. The Morgan fingerprint density at radius 1 is 1.15 bits per heavy atom. The summed E-state index contributed by atoms with van der Waals surface area (Å²) in [7, 11) is 0. The van der Waals surface area contributed by atoms with Crippen molar-refractivity contribution in [2.24, 2.45) is 0 Å². The van der Waals surface area contributed by atoms with E-state index in [4.69, 9.17) is 10.00 Å². The molecule has 2 rings (SSSR count). The van der Waals surface area contributed by atoms with Gasteiger partial charge in [-0.2, -0.15) is 18.4 Å². The summed E-state index contributed by atoms with van der Waals surface area (Å²) in [6.07, 6.45) is -5.78. The number of nitriles is 1. The Morgan fingerprint density at radius 3 is 2.50 bits per heavy atom. The fraction of sp³-hybridized carbons (Fsp3) is 0.167. The third-order valence-electron chi connectivity index (χ3n) is 3.34. The highest BCUT2D eigenvalue weighted by molar-refractivity contribution is 5.97. The molecule has 0 spiro atoms. The van der Waals surface area contributed by atoms with Crippen LogP contribution in [0.15, 0.2) is 48.5 Å². The molecule has 26 heavy (non-hydrogen) atoms. The molecule has 0 aliphatic rings. The lowest BCUT2D eigenvalue weighted by Gasteiger charge is -2.14. The number of ether oxygens (including phenoxy) is 1. The summed E-state index contributed by atoms with van der Waals surface area (Å²) in [5, 5.41) is 11.1. The Labute approximate surface area is 147 Å². The monoisotopic (exact) mass is 362 g/mol. The smallest absolute Gasteiger partial charge is 0.416 e. The van der Waals surface area contributed by atoms with Gasteiger partial charge in [-0.15, -0.1) is 0 Å². The summed E-state index contributed by atoms with van der Waals surface area (Å²) >= 11 is 0. The van der Waals surface area contributed by atoms with Gasteiger partial charge in [-0.05, 0) is 43.3 Å². The van der Waals surface area contributed by atoms with Crippen LogP contribution in [0.25, 0.3) is 0 Å². The van der Waals surface area contributed by atoms with Gasteiger partial charge in [0, 0.05) is 5.69 Å². The van der Waals surface area contributed by atoms with Crippen LogP contribution in [-0.4, -0.2) is 18.0 Å². The largest absolute Gasteiger partial charge is 0.449 e. The first-order valence-electron chi connectivity index (χ1n) is 7.40. The van der Waals surface area contributed by atoms with Crippen molar-refractivity contribution in [2.45, 2.75) is 19.2 Å². The van der Waals surface area contributed by atoms with Gasteiger partial charge < -0.3 is 10.1 Å². The van der Waals surface area contributed by atoms with Gasteiger partial charge in [-0.25, -0.2) is 4.79 Å². The number of anilines is 1. The van der Waals surface area contributed by atoms with Crippen molar-refractivity contribution >= 4 is 17.6 Å². The van der Waals surface area contributed by atoms with Gasteiger partial charge >= 0.3 is 12.1 Å². The fourth-order valence-electron chi connectivity index (χ4n) is 2.01. The second-order valence-corrected chi connectivity index (χ2v) is 5.31. The molecular weight excluding hydrogens is 349 g/mol. The normalized spacial score (nSPS) is 12.0. The van der Waals surface area contributed by atoms with Gasteiger partial charge in [0.15, 0.2) is 6.10 Å². The average Bonchev–Trinajstić information content (AvgIpc) is 2.61. The summed E-state index contributed by atoms with van der Waals surface area (Å²) in [6, 6.07) is 11.7. The number of carbonyl (C=O) groups excluding carboxylic acids is 2. The number of carbonyl (C=O) groups is 2. The van der Waals surface area contributed by atoms with Gasteiger partial charge in [0.25, 0.3) is 5.91 Å². The van der Waals surface area contributed by atoms with Crippen LogP contribution in [0.3, 0.4) is 0 Å². The Kier molecular flexibility index (Phi) is 5.62. The Bertz CT molecular complexity index is 872. The quantitative estimate of drug-likeness (QED) is 0.840. The zero-order valence-corrected chi connectivity index (χ0v) is 13.5. The van der Waals surface area contributed by atoms with Crippen LogP contribution in [0.5, 0.6) is 0 Å². The molecule has 0 aromatic heterocycles. The molecule has 2 aromatic carbocycles. The molecule has 0 radical (unpaired) electrons. The molecule has 5 nitrogen and oxygen atoms in total. The molecule has 1 N–H and O–H groups in total. The zero-order chi connectivity index (χ0) is 19.3. The van der Waals surface area contributed by atoms with Gasteiger partial charge in [-0.1, -0.05) is 12.1 Å². The first kappa shape index (κ1) is 19.0. The van der Waals surface area contributed by atoms with Crippen LogP contribution in [0.2, 0.25) is 0 Å². The first-order valence-corrected chi connectivity index (χ1v) is 7.40. The number of rotatable bonds is 4. The number of halogens is 3. The van der Waals surface area contributed by atoms with E-state index in [-0.39, 0.29) is 16.8 Å². The molecule has 1 atom stereocenters. The summed E-state index contributed by atoms with van der Waals surface area (Å²) in [6.45, 7) is 1.29. The molecule has 8 heteroatoms. The van der Waals surface area contributed by atoms with E-state index in [1.807, 2.05) is 6.07 Å². The van der Waals surface area contributed by atoms with Crippen LogP contribution in [0.1, 0.15) is 28.4 Å². The van der Waals surface area contributed by atoms with Crippen molar-refractivity contribution in [1.29, 1.82) is 5.26 Å². The molecule has 0 unspecified atom stereocenters. The van der Waals surface area contributed by atoms with Crippen molar-refractivity contribution in [1.82, 2.24) is 0 Å². The lowest BCUT2D eigenvalue weighted by Crippen LogP contribution is -2.30. The number of hydrogen-bond acceptors (Lipinski definition) is 4. The van der Waals surface area contributed by atoms with Gasteiger partial charge in [-0.3, -0.25) is 4.79 Å². The minimum Gasteiger partial charge on any atom is -0.449 e. The molecule has 0 saturated carbocycles. The maximum atomic E-state index is 12.7. The van der Waals surface area contributed by atoms with Gasteiger partial charge in [0.1, 0.15) is 0 Å². The molecule has 0 heterocycles. The highest BCUT2D eigenvalue weighted by atomic mass is 19.4. The summed E-state index contributed by atoms with van der Waals surface area (Å²) in [4.78, 5) is 24.0. The van der Waals surface area contributed by atoms with Crippen molar-refractivity contribution in [2.75, 3.05) is 5.32 Å². The van der Waals surface area contributed by atoms with Crippen LogP contribution < -0.4 is 5.32 Å². The highest BCUT2D eigenvalue weighted by Crippen LogP contribution is 2.30. The van der Waals surface area contributed by atoms with Crippen LogP contribution >= 0.6 is 0 Å². The number of benzene rings is 2. The third-order valence-corrected chi connectivity index (χ3v) is 3.34. The van der Waals surface area contributed by atoms with E-state index in [0.29, 0.717) is 0 Å². The average molecular weight is 362 g/mol. The lowest BCUT2D eigenvalue weighted by atomic mass is 10.1. The molecule has 134 valence electrons. The van der Waals surface area contributed by atoms with Crippen molar-refractivity contribution in [3.63, 3.8) is 0 Å². The minimum atomic E-state index is -4.54. The number of nitrogens with zero attached hydrogens (tertiary/aromatic N) is 1. The lowest BCUT2D eigenvalue weighted by molar-refractivity contribution is -0.137. The standard InChI is InChI=1S/C18H13F3N2O3/c1-11(26-17(25)13-5-2-4-12(8-13)10-22)16(24)23-15-7-3-6-14(9-15)18(19,20)21/h2-9,11H,1H3,(H,23,24)/t11-/m1/s1. The molecule has 0 aliphatic carbocycles. The van der Waals surface area contributed by atoms with Crippen LogP contribution in [-0.2, 0) is 15.7 Å². The van der Waals surface area contributed by atoms with E-state index in [2.05, 4.69) is 5.32 Å². The molecule has 0 aliphatic heterocycles. The second kappa shape index (κ2) is 7.70. The predicted molar refractivity (Wildman–Crippen MR) is 86.1 cm³/mol. The molecule has 1 amide bonds. The van der Waals surface area contributed by atoms with E-state index < -0.39 is 29.7 Å². The van der Waals surface area contributed by atoms with Crippen LogP contribution in [0.4, 0.5) is 18.9 Å². The number of esters is 1. The van der Waals surface area contributed by atoms with Gasteiger partial charge in [0.2, 0.25) is 0 Å². The number of alkyl halides is 3. The van der Waals surface area contributed by atoms with Crippen molar-refractivity contribution < 1.29 is 27.5 Å². The van der Waals surface area contributed by atoms with Crippen molar-refractivity contribution in [3.8, 4) is 6.07 Å². The second-order valence-electron chi connectivity index (χ2n) is 5.31. The Morgan fingerprint density at radius 2 is 1.85 bits per heavy atom. The van der Waals surface area contributed by atoms with Gasteiger partial charge in [0.05, 0.1) is 22.8 Å². The maximum Gasteiger partial charge on any atom is 0.416 e. The number of nitrogens with one attached hydrogen (secondary N) is 1. The van der Waals surface area contributed by atoms with E-state index in [1.54, 1.807) is 0 Å². The molecule has 0 bridgehead atoms. The molecule has 0 saturated heterocycles. The third kappa shape index (κ3) is 4.83. The van der Waals surface area contributed by atoms with E-state index >= 15 is 0 Å². The Hall–Kier alpha value is -3.34. The van der Waals surface area contributed by atoms with Crippen molar-refractivity contribution in [3.05, 3.63) is 65.2 Å². The molecule has 0 fully saturated rings. The summed E-state index contributed by atoms with van der Waals surface area (Å²) < 4.78 is 43.0. The number of hydrogen-bond donors (Lipinski definition) is 1. The maximum absolute atomic E-state index is 12.7. The zero-order valence-electron chi connectivity index (χ0n) is 13.5. The molecular formula is C18H13F3N2O3. The van der Waals surface area contributed by atoms with E-state index in [0.717, 1.165) is 18.2 Å².